The monoisotopic (exact) mass is 348 g/mol. The van der Waals surface area contributed by atoms with Crippen LogP contribution in [0.2, 0.25) is 0 Å². The zero-order valence-corrected chi connectivity index (χ0v) is 14.4. The lowest BCUT2D eigenvalue weighted by molar-refractivity contribution is 0.0897. The first-order valence-electron chi connectivity index (χ1n) is 7.75. The van der Waals surface area contributed by atoms with Crippen molar-refractivity contribution in [3.8, 4) is 0 Å². The maximum Gasteiger partial charge on any atom is 0.287 e. The second-order valence-corrected chi connectivity index (χ2v) is 8.02. The molecule has 1 heterocycles. The molecule has 6 nitrogen and oxygen atoms in total. The molecule has 0 radical (unpaired) electrons. The standard InChI is InChI=1S/C17H20N2O4S/c1-11-9-12-5-3-4-6-14(12)16(11)19-17(20)15-8-7-13(23-15)10-18-24(2,21)22/h3-8,11,16,18H,9-10H2,1-2H3,(H,19,20)/t11-,16-/m1/s1. The number of fused-ring (bicyclic) bond motifs is 1. The van der Waals surface area contributed by atoms with Crippen LogP contribution in [0.5, 0.6) is 0 Å². The molecule has 0 saturated heterocycles. The maximum absolute atomic E-state index is 12.4. The number of benzene rings is 1. The first-order chi connectivity index (χ1) is 11.3. The molecule has 0 bridgehead atoms. The molecular formula is C17H20N2O4S. The topological polar surface area (TPSA) is 88.4 Å². The summed E-state index contributed by atoms with van der Waals surface area (Å²) in [7, 11) is -3.30. The van der Waals surface area contributed by atoms with E-state index >= 15 is 0 Å². The normalized spacial score (nSPS) is 19.9. The molecule has 2 aromatic rings. The summed E-state index contributed by atoms with van der Waals surface area (Å²) < 4.78 is 30.0. The van der Waals surface area contributed by atoms with Gasteiger partial charge in [0.05, 0.1) is 18.8 Å². The fraction of sp³-hybridized carbons (Fsp3) is 0.353. The summed E-state index contributed by atoms with van der Waals surface area (Å²) in [5.74, 6) is 0.587. The van der Waals surface area contributed by atoms with Crippen LogP contribution in [0, 0.1) is 5.92 Å². The van der Waals surface area contributed by atoms with Crippen molar-refractivity contribution in [3.63, 3.8) is 0 Å². The van der Waals surface area contributed by atoms with Crippen molar-refractivity contribution in [1.29, 1.82) is 0 Å². The molecule has 3 rings (SSSR count). The van der Waals surface area contributed by atoms with Crippen LogP contribution in [0.25, 0.3) is 0 Å². The van der Waals surface area contributed by atoms with Crippen molar-refractivity contribution in [2.45, 2.75) is 25.9 Å². The number of furan rings is 1. The van der Waals surface area contributed by atoms with E-state index < -0.39 is 10.0 Å². The summed E-state index contributed by atoms with van der Waals surface area (Å²) in [5.41, 5.74) is 2.40. The molecule has 7 heteroatoms. The van der Waals surface area contributed by atoms with Crippen LogP contribution in [0.1, 0.15) is 40.4 Å². The third-order valence-corrected chi connectivity index (χ3v) is 4.85. The van der Waals surface area contributed by atoms with E-state index in [2.05, 4.69) is 23.0 Å². The Morgan fingerprint density at radius 2 is 2.00 bits per heavy atom. The van der Waals surface area contributed by atoms with E-state index in [1.807, 2.05) is 18.2 Å². The molecule has 128 valence electrons. The first-order valence-corrected chi connectivity index (χ1v) is 9.64. The van der Waals surface area contributed by atoms with Gasteiger partial charge in [0.1, 0.15) is 5.76 Å². The van der Waals surface area contributed by atoms with Crippen molar-refractivity contribution < 1.29 is 17.6 Å². The second-order valence-electron chi connectivity index (χ2n) is 6.19. The van der Waals surface area contributed by atoms with Crippen LogP contribution in [0.15, 0.2) is 40.8 Å². The average molecular weight is 348 g/mol. The predicted octanol–water partition coefficient (Wildman–Crippen LogP) is 1.99. The van der Waals surface area contributed by atoms with Crippen LogP contribution < -0.4 is 10.0 Å². The Morgan fingerprint density at radius 1 is 1.25 bits per heavy atom. The highest BCUT2D eigenvalue weighted by atomic mass is 32.2. The van der Waals surface area contributed by atoms with Gasteiger partial charge >= 0.3 is 0 Å². The highest BCUT2D eigenvalue weighted by Crippen LogP contribution is 2.35. The Labute approximate surface area is 141 Å². The fourth-order valence-corrected chi connectivity index (χ4v) is 3.43. The Hall–Kier alpha value is -2.12. The van der Waals surface area contributed by atoms with E-state index in [-0.39, 0.29) is 24.3 Å². The largest absolute Gasteiger partial charge is 0.455 e. The fourth-order valence-electron chi connectivity index (χ4n) is 3.02. The molecule has 1 amide bonds. The molecule has 0 aliphatic heterocycles. The van der Waals surface area contributed by atoms with Crippen LogP contribution in [0.4, 0.5) is 0 Å². The molecule has 1 aliphatic carbocycles. The maximum atomic E-state index is 12.4. The SMILES string of the molecule is C[C@@H]1Cc2ccccc2[C@@H]1NC(=O)c1ccc(CNS(C)(=O)=O)o1. The summed E-state index contributed by atoms with van der Waals surface area (Å²) >= 11 is 0. The zero-order valence-electron chi connectivity index (χ0n) is 13.6. The molecule has 1 aromatic carbocycles. The summed E-state index contributed by atoms with van der Waals surface area (Å²) in [6.45, 7) is 2.13. The zero-order chi connectivity index (χ0) is 17.3. The van der Waals surface area contributed by atoms with E-state index in [0.717, 1.165) is 18.2 Å². The Bertz CT molecular complexity index is 857. The molecule has 1 aromatic heterocycles. The molecule has 0 fully saturated rings. The third kappa shape index (κ3) is 3.68. The van der Waals surface area contributed by atoms with Gasteiger partial charge in [0.2, 0.25) is 10.0 Å². The van der Waals surface area contributed by atoms with Crippen molar-refractivity contribution in [2.75, 3.05) is 6.26 Å². The summed E-state index contributed by atoms with van der Waals surface area (Å²) in [4.78, 5) is 12.4. The molecular weight excluding hydrogens is 328 g/mol. The van der Waals surface area contributed by atoms with Gasteiger partial charge in [0.15, 0.2) is 5.76 Å². The van der Waals surface area contributed by atoms with E-state index in [4.69, 9.17) is 4.42 Å². The highest BCUT2D eigenvalue weighted by molar-refractivity contribution is 7.88. The van der Waals surface area contributed by atoms with Crippen LogP contribution in [-0.2, 0) is 23.0 Å². The van der Waals surface area contributed by atoms with Gasteiger partial charge in [-0.1, -0.05) is 31.2 Å². The van der Waals surface area contributed by atoms with Gasteiger partial charge in [-0.3, -0.25) is 4.79 Å². The highest BCUT2D eigenvalue weighted by Gasteiger charge is 2.30. The van der Waals surface area contributed by atoms with Crippen molar-refractivity contribution in [3.05, 3.63) is 59.0 Å². The molecule has 2 atom stereocenters. The lowest BCUT2D eigenvalue weighted by atomic mass is 10.0. The molecule has 0 unspecified atom stereocenters. The van der Waals surface area contributed by atoms with Gasteiger partial charge in [-0.15, -0.1) is 0 Å². The summed E-state index contributed by atoms with van der Waals surface area (Å²) in [6, 6.07) is 11.2. The molecule has 0 spiro atoms. The third-order valence-electron chi connectivity index (χ3n) is 4.18. The van der Waals surface area contributed by atoms with Crippen LogP contribution in [-0.4, -0.2) is 20.6 Å². The lowest BCUT2D eigenvalue weighted by Crippen LogP contribution is -2.30. The second kappa shape index (κ2) is 6.41. The first kappa shape index (κ1) is 16.7. The Balaban J connectivity index is 1.69. The minimum Gasteiger partial charge on any atom is -0.455 e. The van der Waals surface area contributed by atoms with E-state index in [0.29, 0.717) is 11.7 Å². The van der Waals surface area contributed by atoms with Gasteiger partial charge in [0, 0.05) is 0 Å². The van der Waals surface area contributed by atoms with Gasteiger partial charge in [0.25, 0.3) is 5.91 Å². The van der Waals surface area contributed by atoms with E-state index in [1.54, 1.807) is 12.1 Å². The number of nitrogens with one attached hydrogen (secondary N) is 2. The van der Waals surface area contributed by atoms with Crippen LogP contribution >= 0.6 is 0 Å². The molecule has 2 N–H and O–H groups in total. The van der Waals surface area contributed by atoms with Crippen molar-refractivity contribution in [1.82, 2.24) is 10.0 Å². The Morgan fingerprint density at radius 3 is 2.75 bits per heavy atom. The van der Waals surface area contributed by atoms with Crippen molar-refractivity contribution in [2.24, 2.45) is 5.92 Å². The average Bonchev–Trinajstić information content (AvgIpc) is 3.10. The quantitative estimate of drug-likeness (QED) is 0.865. The number of sulfonamides is 1. The number of hydrogen-bond acceptors (Lipinski definition) is 4. The van der Waals surface area contributed by atoms with Gasteiger partial charge in [-0.05, 0) is 35.6 Å². The van der Waals surface area contributed by atoms with Crippen molar-refractivity contribution >= 4 is 15.9 Å². The smallest absolute Gasteiger partial charge is 0.287 e. The molecule has 0 saturated carbocycles. The molecule has 24 heavy (non-hydrogen) atoms. The van der Waals surface area contributed by atoms with E-state index in [9.17, 15) is 13.2 Å². The lowest BCUT2D eigenvalue weighted by Gasteiger charge is -2.18. The molecule has 1 aliphatic rings. The predicted molar refractivity (Wildman–Crippen MR) is 89.9 cm³/mol. The number of carbonyl (C=O) groups excluding carboxylic acids is 1. The number of amides is 1. The van der Waals surface area contributed by atoms with Crippen LogP contribution in [0.3, 0.4) is 0 Å². The van der Waals surface area contributed by atoms with E-state index in [1.165, 1.54) is 5.56 Å². The number of carbonyl (C=O) groups is 1. The minimum atomic E-state index is -3.30. The summed E-state index contributed by atoms with van der Waals surface area (Å²) in [5, 5.41) is 3.02. The minimum absolute atomic E-state index is 0.0226. The number of rotatable bonds is 5. The number of hydrogen-bond donors (Lipinski definition) is 2. The Kier molecular flexibility index (Phi) is 4.47. The van der Waals surface area contributed by atoms with Gasteiger partial charge < -0.3 is 9.73 Å². The van der Waals surface area contributed by atoms with Gasteiger partial charge in [-0.2, -0.15) is 0 Å². The van der Waals surface area contributed by atoms with Gasteiger partial charge in [-0.25, -0.2) is 13.1 Å². The summed E-state index contributed by atoms with van der Waals surface area (Å²) in [6.07, 6.45) is 2.01.